The Kier molecular flexibility index (Phi) is 9.37. The number of hydrogen-bond donors (Lipinski definition) is 1. The van der Waals surface area contributed by atoms with Crippen molar-refractivity contribution < 1.29 is 90.5 Å². The van der Waals surface area contributed by atoms with Crippen molar-refractivity contribution in [2.45, 2.75) is 9.79 Å². The third-order valence-electron chi connectivity index (χ3n) is 2.47. The molecule has 22 heavy (non-hydrogen) atoms. The molecule has 0 aliphatic carbocycles. The summed E-state index contributed by atoms with van der Waals surface area (Å²) in [5.41, 5.74) is 5.73. The van der Waals surface area contributed by atoms with E-state index >= 15 is 0 Å². The summed E-state index contributed by atoms with van der Waals surface area (Å²) >= 11 is 0. The maximum Gasteiger partial charge on any atom is 1.00 e. The second kappa shape index (κ2) is 8.40. The van der Waals surface area contributed by atoms with Crippen molar-refractivity contribution in [1.29, 1.82) is 0 Å². The van der Waals surface area contributed by atoms with Crippen LogP contribution < -0.4 is 64.8 Å². The predicted molar refractivity (Wildman–Crippen MR) is 67.9 cm³/mol. The van der Waals surface area contributed by atoms with E-state index in [-0.39, 0.29) is 81.1 Å². The molecule has 0 aromatic heterocycles. The molecule has 0 heterocycles. The first-order valence-electron chi connectivity index (χ1n) is 4.84. The van der Waals surface area contributed by atoms with Crippen molar-refractivity contribution in [3.63, 3.8) is 0 Å². The number of nitrogen functional groups attached to an aromatic ring is 1. The SMILES string of the molecule is Nc1ccc2c(S(=O)(=O)[O-])cc(S(=O)(=O)[O-])cc2c1.O.[Na+].[Na+]. The normalized spacial score (nSPS) is 11.0. The van der Waals surface area contributed by atoms with Crippen molar-refractivity contribution in [3.8, 4) is 0 Å². The zero-order chi connectivity index (χ0) is 14.4. The zero-order valence-corrected chi connectivity index (χ0v) is 17.4. The van der Waals surface area contributed by atoms with E-state index in [0.29, 0.717) is 6.07 Å². The van der Waals surface area contributed by atoms with Crippen LogP contribution in [0.4, 0.5) is 5.69 Å². The van der Waals surface area contributed by atoms with Crippen LogP contribution in [-0.2, 0) is 20.2 Å². The molecular formula is C10H9NNa2O7S2. The van der Waals surface area contributed by atoms with E-state index in [1.54, 1.807) is 0 Å². The Morgan fingerprint density at radius 2 is 1.41 bits per heavy atom. The van der Waals surface area contributed by atoms with Crippen LogP contribution in [0.1, 0.15) is 0 Å². The topological polar surface area (TPSA) is 172 Å². The van der Waals surface area contributed by atoms with E-state index in [1.165, 1.54) is 18.2 Å². The fraction of sp³-hybridized carbons (Fsp3) is 0. The van der Waals surface area contributed by atoms with Gasteiger partial charge in [-0.3, -0.25) is 0 Å². The summed E-state index contributed by atoms with van der Waals surface area (Å²) in [6.45, 7) is 0. The van der Waals surface area contributed by atoms with Crippen LogP contribution in [-0.4, -0.2) is 31.4 Å². The molecule has 2 rings (SSSR count). The van der Waals surface area contributed by atoms with Gasteiger partial charge >= 0.3 is 59.1 Å². The number of benzene rings is 2. The van der Waals surface area contributed by atoms with Crippen molar-refractivity contribution in [2.24, 2.45) is 0 Å². The van der Waals surface area contributed by atoms with Crippen molar-refractivity contribution in [1.82, 2.24) is 0 Å². The average Bonchev–Trinajstić information content (AvgIpc) is 2.24. The number of rotatable bonds is 2. The first kappa shape index (κ1) is 24.5. The molecule has 2 aromatic rings. The van der Waals surface area contributed by atoms with Gasteiger partial charge in [0.15, 0.2) is 0 Å². The van der Waals surface area contributed by atoms with E-state index in [9.17, 15) is 25.9 Å². The predicted octanol–water partition coefficient (Wildman–Crippen LogP) is -6.59. The smallest absolute Gasteiger partial charge is 0.744 e. The standard InChI is InChI=1S/C10H9NO6S2.2Na.H2O/c11-7-1-2-9-6(3-7)4-8(18(12,13)14)5-10(9)19(15,16)17;;;/h1-5H,11H2,(H,12,13,14)(H,15,16,17);;;1H2/q;2*+1;/p-2. The molecule has 0 saturated heterocycles. The van der Waals surface area contributed by atoms with Gasteiger partial charge in [-0.2, -0.15) is 0 Å². The monoisotopic (exact) mass is 365 g/mol. The fourth-order valence-corrected chi connectivity index (χ4v) is 3.01. The summed E-state index contributed by atoms with van der Waals surface area (Å²) < 4.78 is 66.3. The molecule has 0 aliphatic heterocycles. The molecular weight excluding hydrogens is 356 g/mol. The van der Waals surface area contributed by atoms with E-state index < -0.39 is 30.0 Å². The van der Waals surface area contributed by atoms with Gasteiger partial charge in [0.2, 0.25) is 0 Å². The van der Waals surface area contributed by atoms with Crippen LogP contribution in [0.5, 0.6) is 0 Å². The molecule has 0 aliphatic rings. The van der Waals surface area contributed by atoms with Crippen LogP contribution in [0.15, 0.2) is 40.1 Å². The maximum atomic E-state index is 11.1. The van der Waals surface area contributed by atoms with Crippen LogP contribution in [0, 0.1) is 0 Å². The molecule has 0 bridgehead atoms. The fourth-order valence-electron chi connectivity index (χ4n) is 1.68. The van der Waals surface area contributed by atoms with E-state index in [1.807, 2.05) is 0 Å². The molecule has 0 spiro atoms. The van der Waals surface area contributed by atoms with Crippen molar-refractivity contribution in [3.05, 3.63) is 30.3 Å². The van der Waals surface area contributed by atoms with Gasteiger partial charge in [-0.15, -0.1) is 0 Å². The summed E-state index contributed by atoms with van der Waals surface area (Å²) in [5.74, 6) is 0. The third-order valence-corrected chi connectivity index (χ3v) is 4.16. The zero-order valence-electron chi connectivity index (χ0n) is 11.7. The Hall–Kier alpha value is 0.280. The maximum absolute atomic E-state index is 11.1. The molecule has 0 fully saturated rings. The Morgan fingerprint density at radius 3 is 1.86 bits per heavy atom. The Labute approximate surface area is 171 Å². The Balaban J connectivity index is 0. The van der Waals surface area contributed by atoms with Crippen molar-refractivity contribution in [2.75, 3.05) is 5.73 Å². The minimum atomic E-state index is -4.92. The summed E-state index contributed by atoms with van der Waals surface area (Å²) in [6, 6.07) is 5.45. The van der Waals surface area contributed by atoms with Crippen LogP contribution in [0.2, 0.25) is 0 Å². The number of fused-ring (bicyclic) bond motifs is 1. The molecule has 0 radical (unpaired) electrons. The van der Waals surface area contributed by atoms with E-state index in [2.05, 4.69) is 0 Å². The van der Waals surface area contributed by atoms with Gasteiger partial charge in [-0.25, -0.2) is 16.8 Å². The molecule has 4 N–H and O–H groups in total. The van der Waals surface area contributed by atoms with Crippen molar-refractivity contribution >= 4 is 36.7 Å². The molecule has 8 nitrogen and oxygen atoms in total. The van der Waals surface area contributed by atoms with Crippen LogP contribution >= 0.6 is 0 Å². The summed E-state index contributed by atoms with van der Waals surface area (Å²) in [6.07, 6.45) is 0. The van der Waals surface area contributed by atoms with Gasteiger partial charge < -0.3 is 20.3 Å². The van der Waals surface area contributed by atoms with Gasteiger partial charge in [-0.05, 0) is 35.0 Å². The Bertz CT molecular complexity index is 882. The average molecular weight is 365 g/mol. The molecule has 0 unspecified atom stereocenters. The van der Waals surface area contributed by atoms with Crippen LogP contribution in [0.3, 0.4) is 0 Å². The minimum absolute atomic E-state index is 0. The summed E-state index contributed by atoms with van der Waals surface area (Å²) in [4.78, 5) is -1.56. The first-order chi connectivity index (χ1) is 8.59. The van der Waals surface area contributed by atoms with Gasteiger partial charge in [0.25, 0.3) is 0 Å². The van der Waals surface area contributed by atoms with Gasteiger partial charge in [-0.1, -0.05) is 6.07 Å². The number of nitrogens with two attached hydrogens (primary N) is 1. The number of hydrogen-bond acceptors (Lipinski definition) is 7. The largest absolute Gasteiger partial charge is 1.00 e. The van der Waals surface area contributed by atoms with Gasteiger partial charge in [0.1, 0.15) is 20.2 Å². The molecule has 110 valence electrons. The molecule has 2 aromatic carbocycles. The van der Waals surface area contributed by atoms with E-state index in [0.717, 1.165) is 6.07 Å². The number of anilines is 1. The third kappa shape index (κ3) is 5.42. The molecule has 12 heteroatoms. The summed E-state index contributed by atoms with van der Waals surface area (Å²) in [5, 5.41) is 0.1000. The first-order valence-corrected chi connectivity index (χ1v) is 7.66. The molecule has 0 atom stereocenters. The van der Waals surface area contributed by atoms with Gasteiger partial charge in [0, 0.05) is 5.69 Å². The quantitative estimate of drug-likeness (QED) is 0.313. The van der Waals surface area contributed by atoms with Gasteiger partial charge in [0.05, 0.1) is 9.79 Å². The van der Waals surface area contributed by atoms with Crippen LogP contribution in [0.25, 0.3) is 10.8 Å². The Morgan fingerprint density at radius 1 is 0.864 bits per heavy atom. The molecule has 0 amide bonds. The minimum Gasteiger partial charge on any atom is -0.744 e. The summed E-state index contributed by atoms with van der Waals surface area (Å²) in [7, 11) is -9.80. The van der Waals surface area contributed by atoms with E-state index in [4.69, 9.17) is 5.73 Å². The second-order valence-corrected chi connectivity index (χ2v) is 6.54. The second-order valence-electron chi connectivity index (χ2n) is 3.81. The molecule has 0 saturated carbocycles.